The number of rotatable bonds is 7. The first-order chi connectivity index (χ1) is 16.0. The highest BCUT2D eigenvalue weighted by Crippen LogP contribution is 2.37. The molecule has 3 rings (SSSR count). The second-order valence-electron chi connectivity index (χ2n) is 7.06. The van der Waals surface area contributed by atoms with Crippen molar-refractivity contribution in [3.05, 3.63) is 105 Å². The molecule has 0 heterocycles. The van der Waals surface area contributed by atoms with Crippen molar-refractivity contribution in [2.24, 2.45) is 0 Å². The molecule has 0 spiro atoms. The average Bonchev–Trinajstić information content (AvgIpc) is 2.79. The number of hydrogen-bond acceptors (Lipinski definition) is 5. The third kappa shape index (κ3) is 6.32. The van der Waals surface area contributed by atoms with Gasteiger partial charge in [-0.1, -0.05) is 54.1 Å². The normalized spacial score (nSPS) is 12.0. The number of alkyl halides is 3. The Morgan fingerprint density at radius 1 is 1.03 bits per heavy atom. The molecule has 3 aromatic carbocycles. The lowest BCUT2D eigenvalue weighted by Crippen LogP contribution is -2.27. The number of halogens is 4. The van der Waals surface area contributed by atoms with Crippen molar-refractivity contribution in [3.8, 4) is 0 Å². The Morgan fingerprint density at radius 2 is 1.68 bits per heavy atom. The van der Waals surface area contributed by atoms with Gasteiger partial charge < -0.3 is 10.1 Å². The summed E-state index contributed by atoms with van der Waals surface area (Å²) in [4.78, 5) is 35.6. The second kappa shape index (κ2) is 10.3. The van der Waals surface area contributed by atoms with Gasteiger partial charge in [0.15, 0.2) is 0 Å². The van der Waals surface area contributed by atoms with Crippen molar-refractivity contribution in [2.45, 2.75) is 18.7 Å². The number of nitro benzene ring substituents is 1. The molecule has 0 aromatic heterocycles. The summed E-state index contributed by atoms with van der Waals surface area (Å²) in [6.45, 7) is 0. The van der Waals surface area contributed by atoms with Gasteiger partial charge in [-0.05, 0) is 23.8 Å². The third-order valence-electron chi connectivity index (χ3n) is 4.63. The van der Waals surface area contributed by atoms with Crippen molar-refractivity contribution < 1.29 is 32.4 Å². The molecule has 0 radical (unpaired) electrons. The summed E-state index contributed by atoms with van der Waals surface area (Å²) < 4.78 is 45.5. The number of anilines is 1. The van der Waals surface area contributed by atoms with E-state index in [2.05, 4.69) is 5.32 Å². The molecule has 0 unspecified atom stereocenters. The molecule has 0 aliphatic heterocycles. The van der Waals surface area contributed by atoms with Crippen LogP contribution in [0.15, 0.2) is 72.8 Å². The zero-order valence-corrected chi connectivity index (χ0v) is 18.0. The summed E-state index contributed by atoms with van der Waals surface area (Å²) in [6, 6.07) is 15.8. The van der Waals surface area contributed by atoms with E-state index in [1.54, 1.807) is 18.2 Å². The summed E-state index contributed by atoms with van der Waals surface area (Å²) in [5.41, 5.74) is -1.24. The van der Waals surface area contributed by atoms with E-state index >= 15 is 0 Å². The van der Waals surface area contributed by atoms with Crippen LogP contribution < -0.4 is 5.32 Å². The van der Waals surface area contributed by atoms with Gasteiger partial charge in [0.1, 0.15) is 0 Å². The SMILES string of the molecule is O=C(Cc1ccc([N+](=O)[O-])cc1)O[C@@H](C(=O)Nc1ccc(Cl)cc1C(F)(F)F)c1ccccc1. The molecular formula is C23H16ClF3N2O5. The van der Waals surface area contributed by atoms with Gasteiger partial charge in [0.2, 0.25) is 6.10 Å². The number of nitro groups is 1. The smallest absolute Gasteiger partial charge is 0.418 e. The topological polar surface area (TPSA) is 98.5 Å². The lowest BCUT2D eigenvalue weighted by molar-refractivity contribution is -0.384. The fourth-order valence-corrected chi connectivity index (χ4v) is 3.21. The van der Waals surface area contributed by atoms with Crippen LogP contribution in [0.3, 0.4) is 0 Å². The van der Waals surface area contributed by atoms with E-state index in [0.717, 1.165) is 6.07 Å². The van der Waals surface area contributed by atoms with Gasteiger partial charge >= 0.3 is 12.1 Å². The average molecular weight is 493 g/mol. The number of benzene rings is 3. The second-order valence-corrected chi connectivity index (χ2v) is 7.49. The highest BCUT2D eigenvalue weighted by atomic mass is 35.5. The van der Waals surface area contributed by atoms with Crippen LogP contribution >= 0.6 is 11.6 Å². The van der Waals surface area contributed by atoms with Crippen LogP contribution in [0, 0.1) is 10.1 Å². The minimum absolute atomic E-state index is 0.165. The van der Waals surface area contributed by atoms with E-state index in [-0.39, 0.29) is 22.7 Å². The molecule has 0 bridgehead atoms. The van der Waals surface area contributed by atoms with Crippen LogP contribution in [0.5, 0.6) is 0 Å². The molecular weight excluding hydrogens is 477 g/mol. The Labute approximate surface area is 196 Å². The Bertz CT molecular complexity index is 1200. The number of nitrogens with zero attached hydrogens (tertiary/aromatic N) is 1. The van der Waals surface area contributed by atoms with Crippen LogP contribution in [-0.2, 0) is 26.9 Å². The zero-order valence-electron chi connectivity index (χ0n) is 17.2. The molecule has 1 amide bonds. The van der Waals surface area contributed by atoms with Crippen LogP contribution in [-0.4, -0.2) is 16.8 Å². The number of hydrogen-bond donors (Lipinski definition) is 1. The molecule has 11 heteroatoms. The predicted molar refractivity (Wildman–Crippen MR) is 117 cm³/mol. The number of ether oxygens (including phenoxy) is 1. The molecule has 1 N–H and O–H groups in total. The number of non-ortho nitro benzene ring substituents is 1. The summed E-state index contributed by atoms with van der Waals surface area (Å²) in [7, 11) is 0. The van der Waals surface area contributed by atoms with E-state index in [1.165, 1.54) is 42.5 Å². The maximum absolute atomic E-state index is 13.4. The number of esters is 1. The monoisotopic (exact) mass is 492 g/mol. The predicted octanol–water partition coefficient (Wildman–Crippen LogP) is 5.73. The van der Waals surface area contributed by atoms with Crippen molar-refractivity contribution >= 4 is 34.9 Å². The minimum atomic E-state index is -4.79. The summed E-state index contributed by atoms with van der Waals surface area (Å²) in [5.74, 6) is -1.86. The van der Waals surface area contributed by atoms with E-state index in [1.807, 2.05) is 0 Å². The molecule has 0 saturated carbocycles. The van der Waals surface area contributed by atoms with Crippen molar-refractivity contribution in [2.75, 3.05) is 5.32 Å². The first-order valence-electron chi connectivity index (χ1n) is 9.70. The molecule has 176 valence electrons. The molecule has 0 fully saturated rings. The first-order valence-corrected chi connectivity index (χ1v) is 10.1. The van der Waals surface area contributed by atoms with E-state index in [9.17, 15) is 32.9 Å². The zero-order chi connectivity index (χ0) is 24.9. The molecule has 3 aromatic rings. The Balaban J connectivity index is 1.82. The van der Waals surface area contributed by atoms with Crippen molar-refractivity contribution in [3.63, 3.8) is 0 Å². The quantitative estimate of drug-likeness (QED) is 0.258. The van der Waals surface area contributed by atoms with Crippen molar-refractivity contribution in [1.82, 2.24) is 0 Å². The first kappa shape index (κ1) is 24.7. The fraction of sp³-hybridized carbons (Fsp3) is 0.130. The number of carbonyl (C=O) groups excluding carboxylic acids is 2. The third-order valence-corrected chi connectivity index (χ3v) is 4.87. The van der Waals surface area contributed by atoms with Crippen LogP contribution in [0.4, 0.5) is 24.5 Å². The summed E-state index contributed by atoms with van der Waals surface area (Å²) in [5, 5.41) is 12.8. The highest BCUT2D eigenvalue weighted by Gasteiger charge is 2.35. The highest BCUT2D eigenvalue weighted by molar-refractivity contribution is 6.30. The van der Waals surface area contributed by atoms with Gasteiger partial charge in [-0.15, -0.1) is 0 Å². The van der Waals surface area contributed by atoms with E-state index < -0.39 is 40.3 Å². The largest absolute Gasteiger partial charge is 0.447 e. The van der Waals surface area contributed by atoms with Crippen LogP contribution in [0.1, 0.15) is 22.8 Å². The standard InChI is InChI=1S/C23H16ClF3N2O5/c24-16-8-11-19(18(13-16)23(25,26)27)28-22(31)21(15-4-2-1-3-5-15)34-20(30)12-14-6-9-17(10-7-14)29(32)33/h1-11,13,21H,12H2,(H,28,31)/t21-/m1/s1. The lowest BCUT2D eigenvalue weighted by atomic mass is 10.1. The van der Waals surface area contributed by atoms with Gasteiger partial charge in [-0.2, -0.15) is 13.2 Å². The fourth-order valence-electron chi connectivity index (χ4n) is 3.03. The van der Waals surface area contributed by atoms with Gasteiger partial charge in [-0.25, -0.2) is 0 Å². The summed E-state index contributed by atoms with van der Waals surface area (Å²) in [6.07, 6.45) is -6.66. The molecule has 0 aliphatic rings. The lowest BCUT2D eigenvalue weighted by Gasteiger charge is -2.20. The maximum atomic E-state index is 13.4. The van der Waals surface area contributed by atoms with E-state index in [0.29, 0.717) is 11.6 Å². The van der Waals surface area contributed by atoms with Gasteiger partial charge in [-0.3, -0.25) is 19.7 Å². The van der Waals surface area contributed by atoms with Crippen LogP contribution in [0.2, 0.25) is 5.02 Å². The number of carbonyl (C=O) groups is 2. The molecule has 34 heavy (non-hydrogen) atoms. The molecule has 0 saturated heterocycles. The number of amides is 1. The van der Waals surface area contributed by atoms with Gasteiger partial charge in [0.25, 0.3) is 11.6 Å². The summed E-state index contributed by atoms with van der Waals surface area (Å²) >= 11 is 5.67. The number of nitrogens with one attached hydrogen (secondary N) is 1. The van der Waals surface area contributed by atoms with Crippen molar-refractivity contribution in [1.29, 1.82) is 0 Å². The molecule has 1 atom stereocenters. The van der Waals surface area contributed by atoms with E-state index in [4.69, 9.17) is 16.3 Å². The minimum Gasteiger partial charge on any atom is -0.447 e. The Kier molecular flexibility index (Phi) is 7.52. The van der Waals surface area contributed by atoms with Gasteiger partial charge in [0.05, 0.1) is 22.6 Å². The molecule has 0 aliphatic carbocycles. The molecule has 7 nitrogen and oxygen atoms in total. The Hall–Kier alpha value is -3.92. The maximum Gasteiger partial charge on any atom is 0.418 e. The van der Waals surface area contributed by atoms with Crippen LogP contribution in [0.25, 0.3) is 0 Å². The van der Waals surface area contributed by atoms with Gasteiger partial charge in [0, 0.05) is 22.7 Å². The Morgan fingerprint density at radius 3 is 2.26 bits per heavy atom.